The highest BCUT2D eigenvalue weighted by Crippen LogP contribution is 2.37. The van der Waals surface area contributed by atoms with Gasteiger partial charge in [0.25, 0.3) is 0 Å². The van der Waals surface area contributed by atoms with E-state index in [1.54, 1.807) is 6.07 Å². The molecular weight excluding hydrogens is 252 g/mol. The van der Waals surface area contributed by atoms with Crippen LogP contribution in [0, 0.1) is 5.92 Å². The molecule has 0 atom stereocenters. The van der Waals surface area contributed by atoms with E-state index in [0.29, 0.717) is 22.4 Å². The van der Waals surface area contributed by atoms with Crippen LogP contribution in [0.5, 0.6) is 5.75 Å². The fourth-order valence-electron chi connectivity index (χ4n) is 1.73. The Morgan fingerprint density at radius 2 is 2.28 bits per heavy atom. The molecule has 1 fully saturated rings. The summed E-state index contributed by atoms with van der Waals surface area (Å²) in [5.74, 6) is 1.64. The van der Waals surface area contributed by atoms with Gasteiger partial charge in [0.2, 0.25) is 5.88 Å². The Labute approximate surface area is 110 Å². The molecule has 0 unspecified atom stereocenters. The molecule has 0 aliphatic heterocycles. The molecule has 2 aromatic rings. The average Bonchev–Trinajstić information content (AvgIpc) is 3.09. The van der Waals surface area contributed by atoms with Crippen LogP contribution >= 0.6 is 11.6 Å². The Morgan fingerprint density at radius 3 is 2.94 bits per heavy atom. The van der Waals surface area contributed by atoms with Gasteiger partial charge in [-0.05, 0) is 24.8 Å². The van der Waals surface area contributed by atoms with Gasteiger partial charge >= 0.3 is 0 Å². The van der Waals surface area contributed by atoms with Crippen LogP contribution in [0.4, 0.5) is 5.88 Å². The third-order valence-corrected chi connectivity index (χ3v) is 3.33. The van der Waals surface area contributed by atoms with Gasteiger partial charge in [-0.15, -0.1) is 0 Å². The van der Waals surface area contributed by atoms with Crippen molar-refractivity contribution in [3.05, 3.63) is 29.3 Å². The van der Waals surface area contributed by atoms with Crippen LogP contribution in [0.3, 0.4) is 0 Å². The zero-order valence-electron chi connectivity index (χ0n) is 9.73. The first-order chi connectivity index (χ1) is 8.74. The lowest BCUT2D eigenvalue weighted by Gasteiger charge is -2.09. The summed E-state index contributed by atoms with van der Waals surface area (Å²) >= 11 is 6.31. The lowest BCUT2D eigenvalue weighted by molar-refractivity contribution is 0.300. The first kappa shape index (κ1) is 11.4. The van der Waals surface area contributed by atoms with Crippen molar-refractivity contribution in [1.29, 1.82) is 0 Å². The lowest BCUT2D eigenvalue weighted by atomic mass is 10.1. The Balaban J connectivity index is 1.87. The number of halogens is 1. The van der Waals surface area contributed by atoms with E-state index in [-0.39, 0.29) is 5.88 Å². The fraction of sp³-hybridized carbons (Fsp3) is 0.308. The molecule has 1 saturated carbocycles. The third-order valence-electron chi connectivity index (χ3n) is 2.94. The average molecular weight is 265 g/mol. The zero-order valence-corrected chi connectivity index (χ0v) is 10.5. The molecule has 3 rings (SSSR count). The summed E-state index contributed by atoms with van der Waals surface area (Å²) in [5, 5.41) is 4.40. The van der Waals surface area contributed by atoms with E-state index in [1.807, 2.05) is 18.2 Å². The molecule has 1 heterocycles. The molecule has 1 aliphatic rings. The minimum Gasteiger partial charge on any atom is -0.492 e. The number of anilines is 1. The standard InChI is InChI=1S/C13H13ClN2O2/c14-13-9(10-6-12(15)18-16-10)2-1-3-11(13)17-7-8-4-5-8/h1-3,6,8H,4-5,7,15H2. The first-order valence-electron chi connectivity index (χ1n) is 5.88. The Bertz CT molecular complexity index is 564. The number of nitrogens with two attached hydrogens (primary N) is 1. The summed E-state index contributed by atoms with van der Waals surface area (Å²) in [5.41, 5.74) is 6.90. The number of rotatable bonds is 4. The van der Waals surface area contributed by atoms with Gasteiger partial charge in [0.1, 0.15) is 11.4 Å². The summed E-state index contributed by atoms with van der Waals surface area (Å²) in [7, 11) is 0. The van der Waals surface area contributed by atoms with Crippen molar-refractivity contribution < 1.29 is 9.26 Å². The van der Waals surface area contributed by atoms with Gasteiger partial charge in [-0.2, -0.15) is 0 Å². The maximum absolute atomic E-state index is 6.31. The number of nitrogen functional groups attached to an aromatic ring is 1. The van der Waals surface area contributed by atoms with Gasteiger partial charge in [-0.25, -0.2) is 0 Å². The molecule has 0 bridgehead atoms. The second-order valence-electron chi connectivity index (χ2n) is 4.49. The molecule has 2 N–H and O–H groups in total. The van der Waals surface area contributed by atoms with Gasteiger partial charge < -0.3 is 15.0 Å². The molecule has 1 aliphatic carbocycles. The van der Waals surface area contributed by atoms with E-state index in [0.717, 1.165) is 12.2 Å². The molecule has 0 spiro atoms. The minimum absolute atomic E-state index is 0.269. The molecular formula is C13H13ClN2O2. The molecule has 0 radical (unpaired) electrons. The van der Waals surface area contributed by atoms with Crippen LogP contribution in [0.1, 0.15) is 12.8 Å². The maximum atomic E-state index is 6.31. The number of hydrogen-bond acceptors (Lipinski definition) is 4. The van der Waals surface area contributed by atoms with Crippen molar-refractivity contribution in [2.45, 2.75) is 12.8 Å². The number of hydrogen-bond donors (Lipinski definition) is 1. The molecule has 0 saturated heterocycles. The van der Waals surface area contributed by atoms with Gasteiger partial charge in [0.05, 0.1) is 11.6 Å². The van der Waals surface area contributed by atoms with Crippen LogP contribution in [0.25, 0.3) is 11.3 Å². The Morgan fingerprint density at radius 1 is 1.44 bits per heavy atom. The fourth-order valence-corrected chi connectivity index (χ4v) is 2.01. The van der Waals surface area contributed by atoms with Crippen molar-refractivity contribution in [3.63, 3.8) is 0 Å². The van der Waals surface area contributed by atoms with E-state index in [4.69, 9.17) is 26.6 Å². The van der Waals surface area contributed by atoms with E-state index < -0.39 is 0 Å². The van der Waals surface area contributed by atoms with Crippen LogP contribution < -0.4 is 10.5 Å². The molecule has 18 heavy (non-hydrogen) atoms. The number of aromatic nitrogens is 1. The molecule has 1 aromatic heterocycles. The lowest BCUT2D eigenvalue weighted by Crippen LogP contribution is -1.99. The van der Waals surface area contributed by atoms with Crippen molar-refractivity contribution in [3.8, 4) is 17.0 Å². The van der Waals surface area contributed by atoms with Crippen LogP contribution in [-0.2, 0) is 0 Å². The highest BCUT2D eigenvalue weighted by atomic mass is 35.5. The Hall–Kier alpha value is -1.68. The van der Waals surface area contributed by atoms with Gasteiger partial charge in [-0.1, -0.05) is 28.9 Å². The summed E-state index contributed by atoms with van der Waals surface area (Å²) in [6.45, 7) is 0.726. The quantitative estimate of drug-likeness (QED) is 0.920. The van der Waals surface area contributed by atoms with Crippen molar-refractivity contribution in [1.82, 2.24) is 5.16 Å². The van der Waals surface area contributed by atoms with Gasteiger partial charge in [-0.3, -0.25) is 0 Å². The highest BCUT2D eigenvalue weighted by molar-refractivity contribution is 6.34. The summed E-state index contributed by atoms with van der Waals surface area (Å²) in [6.07, 6.45) is 2.49. The molecule has 4 nitrogen and oxygen atoms in total. The smallest absolute Gasteiger partial charge is 0.222 e. The monoisotopic (exact) mass is 264 g/mol. The molecule has 5 heteroatoms. The van der Waals surface area contributed by atoms with Crippen molar-refractivity contribution >= 4 is 17.5 Å². The predicted molar refractivity (Wildman–Crippen MR) is 69.6 cm³/mol. The number of benzene rings is 1. The second kappa shape index (κ2) is 4.53. The summed E-state index contributed by atoms with van der Waals surface area (Å²) in [6, 6.07) is 7.25. The normalized spacial score (nSPS) is 14.7. The van der Waals surface area contributed by atoms with Crippen molar-refractivity contribution in [2.75, 3.05) is 12.3 Å². The van der Waals surface area contributed by atoms with Crippen LogP contribution in [0.2, 0.25) is 5.02 Å². The SMILES string of the molecule is Nc1cc(-c2cccc(OCC3CC3)c2Cl)no1. The maximum Gasteiger partial charge on any atom is 0.222 e. The molecule has 0 amide bonds. The molecule has 1 aromatic carbocycles. The Kier molecular flexibility index (Phi) is 2.88. The summed E-state index contributed by atoms with van der Waals surface area (Å²) < 4.78 is 10.6. The van der Waals surface area contributed by atoms with Crippen molar-refractivity contribution in [2.24, 2.45) is 5.92 Å². The summed E-state index contributed by atoms with van der Waals surface area (Å²) in [4.78, 5) is 0. The second-order valence-corrected chi connectivity index (χ2v) is 4.86. The third kappa shape index (κ3) is 2.29. The topological polar surface area (TPSA) is 61.3 Å². The van der Waals surface area contributed by atoms with Crippen LogP contribution in [0.15, 0.2) is 28.8 Å². The minimum atomic E-state index is 0.269. The van der Waals surface area contributed by atoms with Crippen LogP contribution in [-0.4, -0.2) is 11.8 Å². The zero-order chi connectivity index (χ0) is 12.5. The van der Waals surface area contributed by atoms with E-state index in [2.05, 4.69) is 5.16 Å². The number of ether oxygens (including phenoxy) is 1. The van der Waals surface area contributed by atoms with Gasteiger partial charge in [0.15, 0.2) is 0 Å². The predicted octanol–water partition coefficient (Wildman–Crippen LogP) is 3.37. The number of nitrogens with zero attached hydrogens (tertiary/aromatic N) is 1. The highest BCUT2D eigenvalue weighted by Gasteiger charge is 2.22. The molecule has 94 valence electrons. The van der Waals surface area contributed by atoms with E-state index in [1.165, 1.54) is 12.8 Å². The van der Waals surface area contributed by atoms with E-state index in [9.17, 15) is 0 Å². The largest absolute Gasteiger partial charge is 0.492 e. The van der Waals surface area contributed by atoms with E-state index >= 15 is 0 Å². The first-order valence-corrected chi connectivity index (χ1v) is 6.25. The van der Waals surface area contributed by atoms with Gasteiger partial charge in [0, 0.05) is 11.6 Å².